The van der Waals surface area contributed by atoms with Crippen LogP contribution in [0, 0.1) is 5.92 Å². The molecule has 3 heteroatoms. The summed E-state index contributed by atoms with van der Waals surface area (Å²) in [5, 5.41) is 3.17. The van der Waals surface area contributed by atoms with Gasteiger partial charge in [0.2, 0.25) is 0 Å². The monoisotopic (exact) mass is 290 g/mol. The number of hydrogen-bond acceptors (Lipinski definition) is 3. The van der Waals surface area contributed by atoms with Gasteiger partial charge in [-0.15, -0.1) is 0 Å². The molecule has 0 spiro atoms. The minimum absolute atomic E-state index is 0.791. The number of nitrogens with zero attached hydrogens (tertiary/aromatic N) is 1. The summed E-state index contributed by atoms with van der Waals surface area (Å²) in [6, 6.07) is 8.38. The number of rotatable bonds is 7. The van der Waals surface area contributed by atoms with Crippen molar-refractivity contribution in [1.29, 1.82) is 0 Å². The van der Waals surface area contributed by atoms with Crippen molar-refractivity contribution in [2.75, 3.05) is 33.3 Å². The topological polar surface area (TPSA) is 24.5 Å². The summed E-state index contributed by atoms with van der Waals surface area (Å²) in [4.78, 5) is 2.56. The highest BCUT2D eigenvalue weighted by atomic mass is 16.5. The van der Waals surface area contributed by atoms with E-state index in [1.54, 1.807) is 0 Å². The van der Waals surface area contributed by atoms with Crippen molar-refractivity contribution in [3.63, 3.8) is 0 Å². The second-order valence-electron chi connectivity index (χ2n) is 6.07. The van der Waals surface area contributed by atoms with Gasteiger partial charge in [0.25, 0.3) is 0 Å². The van der Waals surface area contributed by atoms with Gasteiger partial charge in [-0.05, 0) is 63.0 Å². The van der Waals surface area contributed by atoms with Gasteiger partial charge in [0.05, 0.1) is 0 Å². The van der Waals surface area contributed by atoms with Crippen molar-refractivity contribution in [2.24, 2.45) is 5.92 Å². The molecular weight excluding hydrogens is 260 g/mol. The van der Waals surface area contributed by atoms with Crippen LogP contribution < -0.4 is 10.1 Å². The Kier molecular flexibility index (Phi) is 7.04. The summed E-state index contributed by atoms with van der Waals surface area (Å²) in [5.74, 6) is 1.93. The molecule has 1 aliphatic rings. The molecule has 0 saturated carbocycles. The smallest absolute Gasteiger partial charge is 0.119 e. The molecule has 0 bridgehead atoms. The Bertz CT molecular complexity index is 408. The van der Waals surface area contributed by atoms with Gasteiger partial charge < -0.3 is 10.1 Å². The van der Waals surface area contributed by atoms with Crippen molar-refractivity contribution in [2.45, 2.75) is 39.2 Å². The quantitative estimate of drug-likeness (QED) is 0.834. The first-order chi connectivity index (χ1) is 10.3. The summed E-state index contributed by atoms with van der Waals surface area (Å²) in [7, 11) is 1.97. The fraction of sp³-hybridized carbons (Fsp3) is 0.667. The van der Waals surface area contributed by atoms with E-state index in [0.29, 0.717) is 0 Å². The third-order valence-corrected chi connectivity index (χ3v) is 4.47. The van der Waals surface area contributed by atoms with Crippen molar-refractivity contribution in [1.82, 2.24) is 10.2 Å². The molecule has 0 radical (unpaired) electrons. The van der Waals surface area contributed by atoms with Crippen LogP contribution in [0.5, 0.6) is 5.75 Å². The first-order valence-corrected chi connectivity index (χ1v) is 8.40. The summed E-state index contributed by atoms with van der Waals surface area (Å²) < 4.78 is 5.92. The van der Waals surface area contributed by atoms with Crippen LogP contribution in [0.3, 0.4) is 0 Å². The fourth-order valence-corrected chi connectivity index (χ4v) is 3.10. The Morgan fingerprint density at radius 3 is 3.00 bits per heavy atom. The van der Waals surface area contributed by atoms with Gasteiger partial charge in [-0.1, -0.05) is 25.5 Å². The zero-order valence-electron chi connectivity index (χ0n) is 13.6. The average Bonchev–Trinajstić information content (AvgIpc) is 2.73. The van der Waals surface area contributed by atoms with Crippen molar-refractivity contribution < 1.29 is 4.74 Å². The Morgan fingerprint density at radius 2 is 2.19 bits per heavy atom. The van der Waals surface area contributed by atoms with E-state index < -0.39 is 0 Å². The van der Waals surface area contributed by atoms with Gasteiger partial charge in [-0.25, -0.2) is 0 Å². The molecule has 0 aliphatic carbocycles. The van der Waals surface area contributed by atoms with Crippen molar-refractivity contribution >= 4 is 0 Å². The number of hydrogen-bond donors (Lipinski definition) is 1. The Balaban J connectivity index is 1.72. The maximum absolute atomic E-state index is 5.92. The zero-order valence-corrected chi connectivity index (χ0v) is 13.6. The molecule has 21 heavy (non-hydrogen) atoms. The standard InChI is InChI=1S/C18H30N2O/c1-3-16-7-5-10-20(11-9-16)12-13-21-18-8-4-6-17(14-18)15-19-2/h4,6,8,14,16,19H,3,5,7,9-13,15H2,1-2H3. The van der Waals surface area contributed by atoms with Crippen LogP contribution in [-0.2, 0) is 6.54 Å². The molecule has 1 heterocycles. The lowest BCUT2D eigenvalue weighted by Gasteiger charge is -2.20. The largest absolute Gasteiger partial charge is 0.492 e. The minimum atomic E-state index is 0.791. The number of benzene rings is 1. The van der Waals surface area contributed by atoms with Gasteiger partial charge in [0.1, 0.15) is 12.4 Å². The predicted octanol–water partition coefficient (Wildman–Crippen LogP) is 3.30. The molecule has 1 aromatic carbocycles. The predicted molar refractivity (Wildman–Crippen MR) is 88.8 cm³/mol. The Morgan fingerprint density at radius 1 is 1.29 bits per heavy atom. The average molecular weight is 290 g/mol. The van der Waals surface area contributed by atoms with Crippen LogP contribution in [0.1, 0.15) is 38.2 Å². The Labute approximate surface area is 129 Å². The van der Waals surface area contributed by atoms with Gasteiger partial charge in [0.15, 0.2) is 0 Å². The molecule has 1 aliphatic heterocycles. The molecule has 1 saturated heterocycles. The summed E-state index contributed by atoms with van der Waals surface area (Å²) in [6.45, 7) is 7.52. The normalized spacial score (nSPS) is 20.2. The maximum atomic E-state index is 5.92. The second-order valence-corrected chi connectivity index (χ2v) is 6.07. The lowest BCUT2D eigenvalue weighted by Crippen LogP contribution is -2.29. The lowest BCUT2D eigenvalue weighted by molar-refractivity contribution is 0.212. The highest BCUT2D eigenvalue weighted by Gasteiger charge is 2.15. The molecule has 1 aromatic rings. The van der Waals surface area contributed by atoms with Crippen LogP contribution >= 0.6 is 0 Å². The highest BCUT2D eigenvalue weighted by Crippen LogP contribution is 2.20. The molecule has 2 rings (SSSR count). The van der Waals surface area contributed by atoms with Crippen LogP contribution in [0.15, 0.2) is 24.3 Å². The first-order valence-electron chi connectivity index (χ1n) is 8.40. The third kappa shape index (κ3) is 5.68. The molecule has 1 unspecified atom stereocenters. The van der Waals surface area contributed by atoms with E-state index in [0.717, 1.165) is 31.4 Å². The molecule has 3 nitrogen and oxygen atoms in total. The Hall–Kier alpha value is -1.06. The van der Waals surface area contributed by atoms with Crippen molar-refractivity contribution in [3.05, 3.63) is 29.8 Å². The first kappa shape index (κ1) is 16.3. The summed E-state index contributed by atoms with van der Waals surface area (Å²) in [5.41, 5.74) is 1.27. The molecule has 1 N–H and O–H groups in total. The van der Waals surface area contributed by atoms with Gasteiger partial charge >= 0.3 is 0 Å². The number of ether oxygens (including phenoxy) is 1. The molecule has 0 aromatic heterocycles. The molecule has 1 fully saturated rings. The minimum Gasteiger partial charge on any atom is -0.492 e. The van der Waals surface area contributed by atoms with E-state index in [4.69, 9.17) is 4.74 Å². The van der Waals surface area contributed by atoms with E-state index in [1.807, 2.05) is 7.05 Å². The van der Waals surface area contributed by atoms with Crippen LogP contribution in [0.25, 0.3) is 0 Å². The van der Waals surface area contributed by atoms with Crippen LogP contribution in [0.4, 0.5) is 0 Å². The van der Waals surface area contributed by atoms with Crippen LogP contribution in [0.2, 0.25) is 0 Å². The summed E-state index contributed by atoms with van der Waals surface area (Å²) in [6.07, 6.45) is 5.44. The van der Waals surface area contributed by atoms with Gasteiger partial charge in [0, 0.05) is 13.1 Å². The molecule has 0 amide bonds. The van der Waals surface area contributed by atoms with E-state index in [-0.39, 0.29) is 0 Å². The zero-order chi connectivity index (χ0) is 14.9. The molecule has 1 atom stereocenters. The summed E-state index contributed by atoms with van der Waals surface area (Å²) >= 11 is 0. The van der Waals surface area contributed by atoms with Crippen molar-refractivity contribution in [3.8, 4) is 5.75 Å². The van der Waals surface area contributed by atoms with Crippen LogP contribution in [-0.4, -0.2) is 38.2 Å². The maximum Gasteiger partial charge on any atom is 0.119 e. The molecule has 118 valence electrons. The van der Waals surface area contributed by atoms with E-state index in [1.165, 1.54) is 44.3 Å². The SMILES string of the molecule is CCC1CCCN(CCOc2cccc(CNC)c2)CC1. The molecular formula is C18H30N2O. The van der Waals surface area contributed by atoms with E-state index in [9.17, 15) is 0 Å². The fourth-order valence-electron chi connectivity index (χ4n) is 3.10. The van der Waals surface area contributed by atoms with Gasteiger partial charge in [-0.2, -0.15) is 0 Å². The van der Waals surface area contributed by atoms with E-state index >= 15 is 0 Å². The number of likely N-dealkylation sites (tertiary alicyclic amines) is 1. The van der Waals surface area contributed by atoms with E-state index in [2.05, 4.69) is 41.4 Å². The highest BCUT2D eigenvalue weighted by molar-refractivity contribution is 5.28. The third-order valence-electron chi connectivity index (χ3n) is 4.47. The number of nitrogens with one attached hydrogen (secondary N) is 1. The van der Waals surface area contributed by atoms with Gasteiger partial charge in [-0.3, -0.25) is 4.90 Å². The second kappa shape index (κ2) is 9.06. The lowest BCUT2D eigenvalue weighted by atomic mass is 9.98.